The average molecular weight is 300 g/mol. The second kappa shape index (κ2) is 4.49. The van der Waals surface area contributed by atoms with Gasteiger partial charge in [-0.3, -0.25) is 0 Å². The van der Waals surface area contributed by atoms with Gasteiger partial charge in [-0.05, 0) is 31.3 Å². The Balaban J connectivity index is 2.00. The van der Waals surface area contributed by atoms with E-state index in [2.05, 4.69) is 43.1 Å². The lowest BCUT2D eigenvalue weighted by Crippen LogP contribution is -2.30. The van der Waals surface area contributed by atoms with Gasteiger partial charge in [0.05, 0.1) is 0 Å². The zero-order valence-electron chi connectivity index (χ0n) is 12.3. The highest BCUT2D eigenvalue weighted by Gasteiger charge is 2.47. The summed E-state index contributed by atoms with van der Waals surface area (Å²) >= 11 is 6.26. The van der Waals surface area contributed by atoms with E-state index in [0.717, 1.165) is 29.6 Å². The molecule has 1 saturated heterocycles. The van der Waals surface area contributed by atoms with Crippen molar-refractivity contribution in [2.24, 2.45) is 0 Å². The molecule has 3 heteroatoms. The van der Waals surface area contributed by atoms with E-state index in [4.69, 9.17) is 16.3 Å². The zero-order chi connectivity index (χ0) is 14.6. The van der Waals surface area contributed by atoms with E-state index in [0.29, 0.717) is 5.92 Å². The molecule has 2 nitrogen and oxygen atoms in total. The van der Waals surface area contributed by atoms with Crippen molar-refractivity contribution in [3.63, 3.8) is 0 Å². The molecule has 1 fully saturated rings. The smallest absolute Gasteiger partial charge is 0.131 e. The van der Waals surface area contributed by atoms with Crippen LogP contribution in [0, 0.1) is 0 Å². The van der Waals surface area contributed by atoms with Crippen LogP contribution in [0.4, 0.5) is 0 Å². The molecule has 2 atom stereocenters. The third-order valence-corrected chi connectivity index (χ3v) is 5.17. The van der Waals surface area contributed by atoms with E-state index in [1.807, 2.05) is 18.2 Å². The van der Waals surface area contributed by atoms with Crippen LogP contribution in [0.15, 0.2) is 42.5 Å². The average Bonchev–Trinajstić information content (AvgIpc) is 2.73. The molecule has 2 heterocycles. The summed E-state index contributed by atoms with van der Waals surface area (Å²) < 4.78 is 6.22. The van der Waals surface area contributed by atoms with Gasteiger partial charge in [0.2, 0.25) is 0 Å². The predicted octanol–water partition coefficient (Wildman–Crippen LogP) is 4.43. The van der Waals surface area contributed by atoms with Gasteiger partial charge in [-0.1, -0.05) is 36.7 Å². The van der Waals surface area contributed by atoms with Crippen molar-refractivity contribution in [2.45, 2.75) is 18.3 Å². The highest BCUT2D eigenvalue weighted by atomic mass is 35.5. The molecule has 2 aliphatic rings. The van der Waals surface area contributed by atoms with E-state index < -0.39 is 0 Å². The number of nitrogens with zero attached hydrogens (tertiary/aromatic N) is 1. The van der Waals surface area contributed by atoms with E-state index in [-0.39, 0.29) is 5.41 Å². The number of fused-ring (bicyclic) bond motifs is 5. The van der Waals surface area contributed by atoms with Gasteiger partial charge in [0.25, 0.3) is 0 Å². The second-order valence-electron chi connectivity index (χ2n) is 6.45. The standard InChI is InChI=1S/C18H18ClNO/c1-18-11-20(2)10-15(18)13-5-3-4-6-16(13)21-17-8-7-12(19)9-14(17)18/h3-9,15H,10-11H2,1-2H3/t15-,18-/m1/s1. The maximum absolute atomic E-state index is 6.26. The highest BCUT2D eigenvalue weighted by molar-refractivity contribution is 6.30. The first-order chi connectivity index (χ1) is 10.1. The van der Waals surface area contributed by atoms with E-state index in [9.17, 15) is 0 Å². The van der Waals surface area contributed by atoms with Gasteiger partial charge in [0.1, 0.15) is 11.5 Å². The van der Waals surface area contributed by atoms with Gasteiger partial charge in [-0.15, -0.1) is 0 Å². The van der Waals surface area contributed by atoms with Crippen LogP contribution in [0.1, 0.15) is 24.0 Å². The fourth-order valence-corrected chi connectivity index (χ4v) is 4.15. The minimum Gasteiger partial charge on any atom is -0.457 e. The number of hydrogen-bond donors (Lipinski definition) is 0. The van der Waals surface area contributed by atoms with Crippen molar-refractivity contribution in [3.8, 4) is 11.5 Å². The van der Waals surface area contributed by atoms with Gasteiger partial charge in [0, 0.05) is 40.6 Å². The van der Waals surface area contributed by atoms with Crippen LogP contribution < -0.4 is 4.74 Å². The van der Waals surface area contributed by atoms with Crippen LogP contribution >= 0.6 is 11.6 Å². The molecule has 0 aliphatic carbocycles. The summed E-state index contributed by atoms with van der Waals surface area (Å²) in [6.45, 7) is 4.40. The number of halogens is 1. The molecule has 108 valence electrons. The van der Waals surface area contributed by atoms with E-state index in [1.54, 1.807) is 0 Å². The Kier molecular flexibility index (Phi) is 2.82. The first-order valence-electron chi connectivity index (χ1n) is 7.33. The molecule has 0 aromatic heterocycles. The third kappa shape index (κ3) is 1.90. The van der Waals surface area contributed by atoms with Crippen molar-refractivity contribution in [3.05, 3.63) is 58.6 Å². The summed E-state index contributed by atoms with van der Waals surface area (Å²) in [5.74, 6) is 2.34. The summed E-state index contributed by atoms with van der Waals surface area (Å²) in [6.07, 6.45) is 0. The largest absolute Gasteiger partial charge is 0.457 e. The molecule has 2 aromatic rings. The van der Waals surface area contributed by atoms with Gasteiger partial charge in [-0.25, -0.2) is 0 Å². The van der Waals surface area contributed by atoms with Gasteiger partial charge < -0.3 is 9.64 Å². The van der Waals surface area contributed by atoms with Crippen LogP contribution in [-0.2, 0) is 5.41 Å². The topological polar surface area (TPSA) is 12.5 Å². The molecule has 0 unspecified atom stereocenters. The fraction of sp³-hybridized carbons (Fsp3) is 0.333. The summed E-state index contributed by atoms with van der Waals surface area (Å²) in [5, 5.41) is 0.776. The van der Waals surface area contributed by atoms with E-state index in [1.165, 1.54) is 11.1 Å². The van der Waals surface area contributed by atoms with Crippen LogP contribution in [-0.4, -0.2) is 25.0 Å². The number of rotatable bonds is 0. The molecule has 0 amide bonds. The molecular formula is C18H18ClNO. The normalized spacial score (nSPS) is 27.3. The molecule has 0 saturated carbocycles. The molecular weight excluding hydrogens is 282 g/mol. The zero-order valence-corrected chi connectivity index (χ0v) is 13.0. The summed E-state index contributed by atoms with van der Waals surface area (Å²) in [4.78, 5) is 2.40. The van der Waals surface area contributed by atoms with Crippen LogP contribution in [0.5, 0.6) is 11.5 Å². The summed E-state index contributed by atoms with van der Waals surface area (Å²) in [5.41, 5.74) is 2.55. The molecule has 0 spiro atoms. The van der Waals surface area contributed by atoms with Gasteiger partial charge >= 0.3 is 0 Å². The highest BCUT2D eigenvalue weighted by Crippen LogP contribution is 2.53. The number of likely N-dealkylation sites (tertiary alicyclic amines) is 1. The number of para-hydroxylation sites is 1. The summed E-state index contributed by atoms with van der Waals surface area (Å²) in [7, 11) is 2.19. The molecule has 2 aromatic carbocycles. The molecule has 4 rings (SSSR count). The molecule has 21 heavy (non-hydrogen) atoms. The number of benzene rings is 2. The fourth-order valence-electron chi connectivity index (χ4n) is 3.98. The second-order valence-corrected chi connectivity index (χ2v) is 6.88. The van der Waals surface area contributed by atoms with Crippen LogP contribution in [0.2, 0.25) is 5.02 Å². The Morgan fingerprint density at radius 1 is 1.19 bits per heavy atom. The molecule has 0 bridgehead atoms. The lowest BCUT2D eigenvalue weighted by atomic mass is 9.71. The SMILES string of the molecule is CN1C[C@@H]2c3ccccc3Oc3ccc(Cl)cc3[C@@]2(C)C1. The monoisotopic (exact) mass is 299 g/mol. The first kappa shape index (κ1) is 13.2. The van der Waals surface area contributed by atoms with Gasteiger partial charge in [0.15, 0.2) is 0 Å². The quantitative estimate of drug-likeness (QED) is 0.713. The number of hydrogen-bond acceptors (Lipinski definition) is 2. The van der Waals surface area contributed by atoms with Crippen molar-refractivity contribution >= 4 is 11.6 Å². The van der Waals surface area contributed by atoms with Crippen molar-refractivity contribution in [1.82, 2.24) is 4.90 Å². The number of likely N-dealkylation sites (N-methyl/N-ethyl adjacent to an activating group) is 1. The summed E-state index contributed by atoms with van der Waals surface area (Å²) in [6, 6.07) is 14.4. The lowest BCUT2D eigenvalue weighted by molar-refractivity contribution is 0.375. The minimum atomic E-state index is 0.0294. The third-order valence-electron chi connectivity index (χ3n) is 4.93. The maximum atomic E-state index is 6.26. The Morgan fingerprint density at radius 3 is 2.86 bits per heavy atom. The lowest BCUT2D eigenvalue weighted by Gasteiger charge is -2.30. The van der Waals surface area contributed by atoms with Crippen LogP contribution in [0.3, 0.4) is 0 Å². The van der Waals surface area contributed by atoms with Gasteiger partial charge in [-0.2, -0.15) is 0 Å². The Morgan fingerprint density at radius 2 is 2.00 bits per heavy atom. The van der Waals surface area contributed by atoms with Crippen molar-refractivity contribution < 1.29 is 4.74 Å². The van der Waals surface area contributed by atoms with Crippen molar-refractivity contribution in [1.29, 1.82) is 0 Å². The first-order valence-corrected chi connectivity index (χ1v) is 7.71. The Labute approximate surface area is 130 Å². The van der Waals surface area contributed by atoms with E-state index >= 15 is 0 Å². The predicted molar refractivity (Wildman–Crippen MR) is 85.6 cm³/mol. The Hall–Kier alpha value is -1.51. The minimum absolute atomic E-state index is 0.0294. The van der Waals surface area contributed by atoms with Crippen molar-refractivity contribution in [2.75, 3.05) is 20.1 Å². The molecule has 0 N–H and O–H groups in total. The Bertz CT molecular complexity index is 714. The molecule has 0 radical (unpaired) electrons. The number of ether oxygens (including phenoxy) is 1. The molecule has 2 aliphatic heterocycles. The van der Waals surface area contributed by atoms with Crippen LogP contribution in [0.25, 0.3) is 0 Å². The maximum Gasteiger partial charge on any atom is 0.131 e.